The van der Waals surface area contributed by atoms with Gasteiger partial charge in [0.1, 0.15) is 5.82 Å². The molecule has 0 atom stereocenters. The number of aryl methyl sites for hydroxylation is 1. The van der Waals surface area contributed by atoms with Gasteiger partial charge in [-0.1, -0.05) is 29.8 Å². The Balaban J connectivity index is 1.66. The molecule has 0 saturated carbocycles. The van der Waals surface area contributed by atoms with Gasteiger partial charge in [-0.15, -0.1) is 0 Å². The topological polar surface area (TPSA) is 73.5 Å². The van der Waals surface area contributed by atoms with Crippen LogP contribution in [0.3, 0.4) is 0 Å². The molecule has 10 heteroatoms. The van der Waals surface area contributed by atoms with E-state index in [1.165, 1.54) is 41.3 Å². The van der Waals surface area contributed by atoms with Gasteiger partial charge in [-0.05, 0) is 55.5 Å². The van der Waals surface area contributed by atoms with Crippen molar-refractivity contribution in [3.63, 3.8) is 0 Å². The van der Waals surface area contributed by atoms with Crippen LogP contribution in [0, 0.1) is 12.7 Å². The molecule has 0 fully saturated rings. The Morgan fingerprint density at radius 2 is 1.53 bits per heavy atom. The molecule has 3 rings (SSSR count). The van der Waals surface area contributed by atoms with Gasteiger partial charge in [-0.2, -0.15) is 13.2 Å². The molecule has 178 valence electrons. The summed E-state index contributed by atoms with van der Waals surface area (Å²) in [5.74, 6) is -0.483. The standard InChI is InChI=1S/C24H22F4N4O2/c1-16-6-10-18(11-7-16)30-23(34)32(19-12-8-17(25)9-13-19)15-14-29-22(33)31-21-5-3-2-4-20(21)24(26,27)28/h2-13H,14-15H2,1H3,(H,30,34)(H2,29,31,33). The van der Waals surface area contributed by atoms with E-state index in [0.29, 0.717) is 11.4 Å². The second-order valence-electron chi connectivity index (χ2n) is 7.35. The molecule has 0 heterocycles. The van der Waals surface area contributed by atoms with Gasteiger partial charge in [0.2, 0.25) is 0 Å². The number of para-hydroxylation sites is 1. The molecule has 6 nitrogen and oxygen atoms in total. The number of nitrogens with one attached hydrogen (secondary N) is 3. The average Bonchev–Trinajstić information content (AvgIpc) is 2.78. The Labute approximate surface area is 193 Å². The number of amides is 4. The lowest BCUT2D eigenvalue weighted by molar-refractivity contribution is -0.136. The number of halogens is 4. The van der Waals surface area contributed by atoms with Crippen LogP contribution in [0.2, 0.25) is 0 Å². The van der Waals surface area contributed by atoms with E-state index >= 15 is 0 Å². The zero-order chi connectivity index (χ0) is 24.7. The summed E-state index contributed by atoms with van der Waals surface area (Å²) in [6, 6.07) is 15.5. The van der Waals surface area contributed by atoms with Crippen molar-refractivity contribution >= 4 is 29.1 Å². The normalized spacial score (nSPS) is 11.0. The number of alkyl halides is 3. The van der Waals surface area contributed by atoms with Crippen LogP contribution in [-0.2, 0) is 6.18 Å². The number of anilines is 3. The molecule has 3 N–H and O–H groups in total. The summed E-state index contributed by atoms with van der Waals surface area (Å²) in [5, 5.41) is 7.33. The van der Waals surface area contributed by atoms with Crippen LogP contribution < -0.4 is 20.9 Å². The van der Waals surface area contributed by atoms with Gasteiger partial charge >= 0.3 is 18.2 Å². The summed E-state index contributed by atoms with van der Waals surface area (Å²) in [4.78, 5) is 26.3. The number of hydrogen-bond acceptors (Lipinski definition) is 2. The molecule has 3 aromatic carbocycles. The molecule has 0 aliphatic rings. The van der Waals surface area contributed by atoms with Gasteiger partial charge in [-0.3, -0.25) is 4.90 Å². The second-order valence-corrected chi connectivity index (χ2v) is 7.35. The van der Waals surface area contributed by atoms with Crippen molar-refractivity contribution in [1.29, 1.82) is 0 Å². The van der Waals surface area contributed by atoms with Crippen molar-refractivity contribution in [2.75, 3.05) is 28.6 Å². The highest BCUT2D eigenvalue weighted by Gasteiger charge is 2.33. The van der Waals surface area contributed by atoms with Crippen LogP contribution in [-0.4, -0.2) is 25.2 Å². The van der Waals surface area contributed by atoms with Crippen LogP contribution in [0.1, 0.15) is 11.1 Å². The van der Waals surface area contributed by atoms with E-state index in [0.717, 1.165) is 17.7 Å². The summed E-state index contributed by atoms with van der Waals surface area (Å²) in [5.41, 5.74) is 0.555. The molecule has 0 aromatic heterocycles. The number of carbonyl (C=O) groups excluding carboxylic acids is 2. The maximum absolute atomic E-state index is 13.4. The highest BCUT2D eigenvalue weighted by molar-refractivity contribution is 6.01. The van der Waals surface area contributed by atoms with Gasteiger partial charge in [0.25, 0.3) is 0 Å². The van der Waals surface area contributed by atoms with Crippen molar-refractivity contribution in [1.82, 2.24) is 5.32 Å². The summed E-state index contributed by atoms with van der Waals surface area (Å²) in [6.07, 6.45) is -4.63. The highest BCUT2D eigenvalue weighted by Crippen LogP contribution is 2.34. The smallest absolute Gasteiger partial charge is 0.336 e. The van der Waals surface area contributed by atoms with Crippen LogP contribution in [0.25, 0.3) is 0 Å². The second kappa shape index (κ2) is 10.7. The van der Waals surface area contributed by atoms with Crippen LogP contribution in [0.15, 0.2) is 72.8 Å². The average molecular weight is 474 g/mol. The largest absolute Gasteiger partial charge is 0.418 e. The first-order chi connectivity index (χ1) is 16.1. The third kappa shape index (κ3) is 6.71. The molecule has 4 amide bonds. The number of hydrogen-bond donors (Lipinski definition) is 3. The molecule has 0 aliphatic heterocycles. The van der Waals surface area contributed by atoms with E-state index in [4.69, 9.17) is 0 Å². The molecular formula is C24H22F4N4O2. The quantitative estimate of drug-likeness (QED) is 0.383. The molecule has 0 spiro atoms. The van der Waals surface area contributed by atoms with Gasteiger partial charge < -0.3 is 16.0 Å². The number of nitrogens with zero attached hydrogens (tertiary/aromatic N) is 1. The fraction of sp³-hybridized carbons (Fsp3) is 0.167. The lowest BCUT2D eigenvalue weighted by Crippen LogP contribution is -2.42. The molecule has 34 heavy (non-hydrogen) atoms. The van der Waals surface area contributed by atoms with E-state index in [2.05, 4.69) is 16.0 Å². The third-order valence-electron chi connectivity index (χ3n) is 4.79. The Kier molecular flexibility index (Phi) is 7.72. The minimum absolute atomic E-state index is 0.0301. The minimum Gasteiger partial charge on any atom is -0.336 e. The van der Waals surface area contributed by atoms with Gasteiger partial charge in [-0.25, -0.2) is 14.0 Å². The van der Waals surface area contributed by atoms with Gasteiger partial charge in [0.15, 0.2) is 0 Å². The number of benzene rings is 3. The van der Waals surface area contributed by atoms with Gasteiger partial charge in [0.05, 0.1) is 11.3 Å². The number of urea groups is 2. The lowest BCUT2D eigenvalue weighted by atomic mass is 10.1. The van der Waals surface area contributed by atoms with E-state index in [1.807, 2.05) is 19.1 Å². The van der Waals surface area contributed by atoms with Crippen LogP contribution in [0.5, 0.6) is 0 Å². The molecule has 0 bridgehead atoms. The highest BCUT2D eigenvalue weighted by atomic mass is 19.4. The van der Waals surface area contributed by atoms with Crippen molar-refractivity contribution in [2.24, 2.45) is 0 Å². The maximum atomic E-state index is 13.4. The number of rotatable bonds is 6. The van der Waals surface area contributed by atoms with Crippen molar-refractivity contribution < 1.29 is 27.2 Å². The van der Waals surface area contributed by atoms with Gasteiger partial charge in [0, 0.05) is 24.5 Å². The summed E-state index contributed by atoms with van der Waals surface area (Å²) in [7, 11) is 0. The molecule has 0 unspecified atom stereocenters. The van der Waals surface area contributed by atoms with Crippen LogP contribution >= 0.6 is 0 Å². The summed E-state index contributed by atoms with van der Waals surface area (Å²) in [6.45, 7) is 1.79. The van der Waals surface area contributed by atoms with E-state index in [-0.39, 0.29) is 18.8 Å². The predicted molar refractivity (Wildman–Crippen MR) is 122 cm³/mol. The third-order valence-corrected chi connectivity index (χ3v) is 4.79. The monoisotopic (exact) mass is 474 g/mol. The summed E-state index contributed by atoms with van der Waals surface area (Å²) < 4.78 is 52.7. The fourth-order valence-corrected chi connectivity index (χ4v) is 3.08. The fourth-order valence-electron chi connectivity index (χ4n) is 3.08. The van der Waals surface area contributed by atoms with Crippen LogP contribution in [0.4, 0.5) is 44.2 Å². The van der Waals surface area contributed by atoms with E-state index in [9.17, 15) is 27.2 Å². The van der Waals surface area contributed by atoms with Crippen molar-refractivity contribution in [3.05, 3.63) is 89.7 Å². The van der Waals surface area contributed by atoms with E-state index in [1.54, 1.807) is 12.1 Å². The lowest BCUT2D eigenvalue weighted by Gasteiger charge is -2.24. The molecule has 3 aromatic rings. The van der Waals surface area contributed by atoms with Crippen molar-refractivity contribution in [3.8, 4) is 0 Å². The molecule has 0 aliphatic carbocycles. The predicted octanol–water partition coefficient (Wildman–Crippen LogP) is 6.01. The molecule has 0 saturated heterocycles. The first-order valence-corrected chi connectivity index (χ1v) is 10.3. The zero-order valence-electron chi connectivity index (χ0n) is 18.1. The first kappa shape index (κ1) is 24.6. The SMILES string of the molecule is Cc1ccc(NC(=O)N(CCNC(=O)Nc2ccccc2C(F)(F)F)c2ccc(F)cc2)cc1. The number of carbonyl (C=O) groups is 2. The zero-order valence-corrected chi connectivity index (χ0v) is 18.1. The Morgan fingerprint density at radius 3 is 2.18 bits per heavy atom. The molecular weight excluding hydrogens is 452 g/mol. The summed E-state index contributed by atoms with van der Waals surface area (Å²) >= 11 is 0. The minimum atomic E-state index is -4.63. The Bertz CT molecular complexity index is 1130. The molecule has 0 radical (unpaired) electrons. The van der Waals surface area contributed by atoms with Crippen molar-refractivity contribution in [2.45, 2.75) is 13.1 Å². The first-order valence-electron chi connectivity index (χ1n) is 10.3. The maximum Gasteiger partial charge on any atom is 0.418 e. The Hall–Kier alpha value is -4.08. The van der Waals surface area contributed by atoms with E-state index < -0.39 is 29.6 Å². The Morgan fingerprint density at radius 1 is 0.882 bits per heavy atom.